The van der Waals surface area contributed by atoms with Gasteiger partial charge < -0.3 is 84.3 Å². The molecule has 0 saturated carbocycles. The van der Waals surface area contributed by atoms with Crippen molar-refractivity contribution in [3.8, 4) is 0 Å². The van der Waals surface area contributed by atoms with Gasteiger partial charge in [-0.1, -0.05) is 0 Å². The molecule has 0 unspecified atom stereocenters. The zero-order valence-electron chi connectivity index (χ0n) is 17.1. The second-order valence-electron chi connectivity index (χ2n) is 5.74. The molecule has 0 amide bonds. The van der Waals surface area contributed by atoms with Gasteiger partial charge in [-0.2, -0.15) is 0 Å². The number of carboxylic acid groups (broad SMARTS) is 5. The fraction of sp³-hybridized carbons (Fsp3) is 0.643. The SMILES string of the molecule is NC(CC(=O)[O-])(CC(=O)[O-])C(CC(=O)[O-])(CC(=O)[O-])NCC(=O)[O-].NCCN.[Fe+3].[NH4+].[NH4+]. The Kier molecular flexibility index (Phi) is 23.2. The molecular formula is C14H29FeN6O10. The first-order valence-corrected chi connectivity index (χ1v) is 7.68. The fourth-order valence-electron chi connectivity index (χ4n) is 2.37. The summed E-state index contributed by atoms with van der Waals surface area (Å²) in [5, 5.41) is 56.2. The third kappa shape index (κ3) is 16.0. The predicted molar refractivity (Wildman–Crippen MR) is 91.2 cm³/mol. The molecular weight excluding hydrogens is 468 g/mol. The van der Waals surface area contributed by atoms with Gasteiger partial charge in [-0.05, 0) is 0 Å². The van der Waals surface area contributed by atoms with Crippen LogP contribution in [0.1, 0.15) is 25.7 Å². The first-order chi connectivity index (χ1) is 12.7. The molecule has 0 fully saturated rings. The van der Waals surface area contributed by atoms with E-state index in [-0.39, 0.29) is 29.4 Å². The van der Waals surface area contributed by atoms with Crippen LogP contribution in [0.15, 0.2) is 0 Å². The van der Waals surface area contributed by atoms with E-state index in [1.165, 1.54) is 0 Å². The van der Waals surface area contributed by atoms with Crippen molar-refractivity contribution in [1.82, 2.24) is 17.6 Å². The van der Waals surface area contributed by atoms with E-state index in [4.69, 9.17) is 17.2 Å². The van der Waals surface area contributed by atoms with Gasteiger partial charge in [-0.25, -0.2) is 0 Å². The molecule has 0 aliphatic rings. The van der Waals surface area contributed by atoms with Gasteiger partial charge in [0.2, 0.25) is 0 Å². The average molecular weight is 497 g/mol. The number of aliphatic carboxylic acids is 5. The molecule has 15 N–H and O–H groups in total. The summed E-state index contributed by atoms with van der Waals surface area (Å²) in [7, 11) is 0. The Morgan fingerprint density at radius 3 is 1.13 bits per heavy atom. The van der Waals surface area contributed by atoms with Crippen LogP contribution in [0.4, 0.5) is 0 Å². The Morgan fingerprint density at radius 1 is 0.645 bits per heavy atom. The summed E-state index contributed by atoms with van der Waals surface area (Å²) < 4.78 is 0. The van der Waals surface area contributed by atoms with E-state index in [9.17, 15) is 49.5 Å². The minimum absolute atomic E-state index is 0. The van der Waals surface area contributed by atoms with E-state index in [1.54, 1.807) is 0 Å². The molecule has 1 radical (unpaired) electrons. The molecule has 0 bridgehead atoms. The first-order valence-electron chi connectivity index (χ1n) is 7.68. The molecule has 17 heteroatoms. The number of hydrogen-bond donors (Lipinski definition) is 6. The largest absolute Gasteiger partial charge is 3.00 e. The van der Waals surface area contributed by atoms with Crippen molar-refractivity contribution in [1.29, 1.82) is 0 Å². The van der Waals surface area contributed by atoms with Crippen LogP contribution >= 0.6 is 0 Å². The standard InChI is InChI=1S/C12H18N2O10.C2H8N2.Fe.2H3N/c13-11(1-6(15)16,2-7(17)18)12(3-8(19)20,4-9(21)22)14-5-10(23)24;3-1-2-4;;;/h14H,1-5,13H2,(H,15,16)(H,17,18)(H,19,20)(H,21,22)(H,23,24);1-4H2;;2*1H3/q;;+3;;/p-3. The zero-order valence-corrected chi connectivity index (χ0v) is 18.2. The maximum absolute atomic E-state index is 11.0. The second kappa shape index (κ2) is 18.4. The topological polar surface area (TPSA) is 364 Å². The number of rotatable bonds is 13. The summed E-state index contributed by atoms with van der Waals surface area (Å²) in [6, 6.07) is 0. The molecule has 0 spiro atoms. The quantitative estimate of drug-likeness (QED) is 0.129. The Balaban J connectivity index is -0.000000294. The third-order valence-corrected chi connectivity index (χ3v) is 3.50. The zero-order chi connectivity index (χ0) is 22.5. The van der Waals surface area contributed by atoms with E-state index in [2.05, 4.69) is 0 Å². The molecule has 0 rings (SSSR count). The molecule has 0 atom stereocenters. The summed E-state index contributed by atoms with van der Waals surface area (Å²) >= 11 is 0. The molecule has 31 heavy (non-hydrogen) atoms. The smallest absolute Gasteiger partial charge is 0.550 e. The van der Waals surface area contributed by atoms with Crippen molar-refractivity contribution >= 4 is 29.8 Å². The normalized spacial score (nSPS) is 10.0. The van der Waals surface area contributed by atoms with Crippen LogP contribution < -0.4 is 60.4 Å². The minimum Gasteiger partial charge on any atom is -0.550 e. The third-order valence-electron chi connectivity index (χ3n) is 3.50. The molecule has 0 aliphatic carbocycles. The maximum atomic E-state index is 11.0. The second-order valence-corrected chi connectivity index (χ2v) is 5.74. The van der Waals surface area contributed by atoms with Gasteiger partial charge in [-0.15, -0.1) is 0 Å². The van der Waals surface area contributed by atoms with E-state index >= 15 is 0 Å². The summed E-state index contributed by atoms with van der Waals surface area (Å²) in [4.78, 5) is 54.2. The van der Waals surface area contributed by atoms with Crippen LogP contribution in [0, 0.1) is 0 Å². The number of hydrogen-bond acceptors (Lipinski definition) is 14. The molecule has 0 aliphatic heterocycles. The summed E-state index contributed by atoms with van der Waals surface area (Å²) in [5.41, 5.74) is 10.3. The number of quaternary nitrogens is 2. The van der Waals surface area contributed by atoms with Crippen molar-refractivity contribution in [2.45, 2.75) is 36.8 Å². The van der Waals surface area contributed by atoms with E-state index in [1.807, 2.05) is 5.32 Å². The molecule has 0 aromatic rings. The van der Waals surface area contributed by atoms with Gasteiger partial charge in [0, 0.05) is 80.3 Å². The maximum Gasteiger partial charge on any atom is 3.00 e. The average Bonchev–Trinajstić information content (AvgIpc) is 2.50. The Hall–Kier alpha value is -2.37. The van der Waals surface area contributed by atoms with E-state index in [0.717, 1.165) is 0 Å². The predicted octanol–water partition coefficient (Wildman–Crippen LogP) is -9.02. The fourth-order valence-corrected chi connectivity index (χ4v) is 2.37. The van der Waals surface area contributed by atoms with Gasteiger partial charge in [-0.3, -0.25) is 0 Å². The van der Waals surface area contributed by atoms with Gasteiger partial charge in [0.05, 0.1) is 5.97 Å². The Morgan fingerprint density at radius 2 is 0.935 bits per heavy atom. The number of carboxylic acids is 5. The summed E-state index contributed by atoms with van der Waals surface area (Å²) in [6.45, 7) is 0.0413. The number of nitrogens with one attached hydrogen (secondary N) is 1. The summed E-state index contributed by atoms with van der Waals surface area (Å²) in [5.74, 6) is -9.59. The van der Waals surface area contributed by atoms with Crippen molar-refractivity contribution in [3.05, 3.63) is 0 Å². The van der Waals surface area contributed by atoms with E-state index in [0.29, 0.717) is 13.1 Å². The van der Waals surface area contributed by atoms with Crippen LogP contribution in [0.25, 0.3) is 0 Å². The Bertz CT molecular complexity index is 558. The first kappa shape index (κ1) is 39.1. The summed E-state index contributed by atoms with van der Waals surface area (Å²) in [6.07, 6.45) is -5.29. The number of carbonyl (C=O) groups is 5. The Labute approximate surface area is 188 Å². The van der Waals surface area contributed by atoms with E-state index < -0.39 is 73.2 Å². The molecule has 0 aromatic heterocycles. The van der Waals surface area contributed by atoms with Gasteiger partial charge in [0.15, 0.2) is 0 Å². The van der Waals surface area contributed by atoms with Crippen LogP contribution in [0.2, 0.25) is 0 Å². The van der Waals surface area contributed by atoms with Gasteiger partial charge in [0.1, 0.15) is 0 Å². The van der Waals surface area contributed by atoms with Crippen LogP contribution in [-0.4, -0.2) is 60.6 Å². The van der Waals surface area contributed by atoms with Crippen molar-refractivity contribution in [3.63, 3.8) is 0 Å². The molecule has 0 heterocycles. The van der Waals surface area contributed by atoms with Crippen LogP contribution in [0.5, 0.6) is 0 Å². The molecule has 183 valence electrons. The molecule has 0 aromatic carbocycles. The van der Waals surface area contributed by atoms with Crippen molar-refractivity contribution < 1.29 is 66.6 Å². The van der Waals surface area contributed by atoms with Crippen molar-refractivity contribution in [2.24, 2.45) is 17.2 Å². The van der Waals surface area contributed by atoms with Gasteiger partial charge >= 0.3 is 17.1 Å². The van der Waals surface area contributed by atoms with Crippen molar-refractivity contribution in [2.75, 3.05) is 19.6 Å². The molecule has 16 nitrogen and oxygen atoms in total. The monoisotopic (exact) mass is 497 g/mol. The van der Waals surface area contributed by atoms with Gasteiger partial charge in [0.25, 0.3) is 0 Å². The molecule has 0 saturated heterocycles. The van der Waals surface area contributed by atoms with Crippen LogP contribution in [0.3, 0.4) is 0 Å². The minimum atomic E-state index is -2.61. The van der Waals surface area contributed by atoms with Crippen LogP contribution in [-0.2, 0) is 41.0 Å². The number of carbonyl (C=O) groups excluding carboxylic acids is 5. The number of nitrogens with two attached hydrogens (primary N) is 3.